The molecule has 2 aromatic rings. The van der Waals surface area contributed by atoms with Crippen LogP contribution in [0, 0.1) is 0 Å². The van der Waals surface area contributed by atoms with E-state index in [2.05, 4.69) is 0 Å². The van der Waals surface area contributed by atoms with Crippen molar-refractivity contribution in [3.8, 4) is 5.69 Å². The lowest BCUT2D eigenvalue weighted by atomic mass is 10.1. The summed E-state index contributed by atoms with van der Waals surface area (Å²) in [6.45, 7) is 3.89. The molecule has 0 aliphatic carbocycles. The van der Waals surface area contributed by atoms with E-state index in [1.165, 1.54) is 9.36 Å². The minimum atomic E-state index is -0.350. The highest BCUT2D eigenvalue weighted by molar-refractivity contribution is 6.34. The molecule has 2 atom stereocenters. The molecule has 2 heterocycles. The summed E-state index contributed by atoms with van der Waals surface area (Å²) in [6, 6.07) is 4.70. The van der Waals surface area contributed by atoms with Crippen molar-refractivity contribution in [1.82, 2.24) is 13.9 Å². The van der Waals surface area contributed by atoms with E-state index in [9.17, 15) is 9.59 Å². The number of hydrogen-bond acceptors (Lipinski definition) is 2. The van der Waals surface area contributed by atoms with Gasteiger partial charge in [0.25, 0.3) is 0 Å². The Hall–Kier alpha value is -1.46. The summed E-state index contributed by atoms with van der Waals surface area (Å²) in [5, 5.41) is 0.776. The number of aromatic nitrogens is 3. The summed E-state index contributed by atoms with van der Waals surface area (Å²) in [7, 11) is 0. The number of fused-ring (bicyclic) bond motifs is 1. The molecule has 0 saturated carbocycles. The quantitative estimate of drug-likeness (QED) is 0.808. The van der Waals surface area contributed by atoms with Crippen molar-refractivity contribution < 1.29 is 0 Å². The molecule has 0 radical (unpaired) electrons. The highest BCUT2D eigenvalue weighted by Gasteiger charge is 2.28. The van der Waals surface area contributed by atoms with E-state index >= 15 is 0 Å². The predicted molar refractivity (Wildman–Crippen MR) is 83.0 cm³/mol. The minimum Gasteiger partial charge on any atom is -0.245 e. The van der Waals surface area contributed by atoms with Gasteiger partial charge in [-0.1, -0.05) is 23.2 Å². The van der Waals surface area contributed by atoms with Gasteiger partial charge in [-0.3, -0.25) is 0 Å². The summed E-state index contributed by atoms with van der Waals surface area (Å²) in [4.78, 5) is 25.3. The summed E-state index contributed by atoms with van der Waals surface area (Å²) in [5.41, 5.74) is -0.300. The van der Waals surface area contributed by atoms with Crippen LogP contribution in [0.15, 0.2) is 27.8 Å². The summed E-state index contributed by atoms with van der Waals surface area (Å²) >= 11 is 11.9. The van der Waals surface area contributed by atoms with Crippen LogP contribution in [0.1, 0.15) is 38.8 Å². The first kappa shape index (κ1) is 14.5. The number of benzene rings is 1. The van der Waals surface area contributed by atoms with Crippen LogP contribution in [0.3, 0.4) is 0 Å². The third kappa shape index (κ3) is 2.24. The lowest BCUT2D eigenvalue weighted by Gasteiger charge is -2.27. The zero-order chi connectivity index (χ0) is 15.3. The standard InChI is InChI=1S/C14H15Cl2N3O2/c1-8-3-4-9(2)19-14(21)17(13(20)18(8)19)12-6-10(15)5-11(16)7-12/h5-9H,3-4H2,1-2H3. The SMILES string of the molecule is CC1CCC(C)n2c(=O)n(-c3cc(Cl)cc(Cl)c3)c(=O)n21. The maximum atomic E-state index is 12.6. The fraction of sp³-hybridized carbons (Fsp3) is 0.429. The molecule has 21 heavy (non-hydrogen) atoms. The molecule has 0 fully saturated rings. The van der Waals surface area contributed by atoms with E-state index in [1.54, 1.807) is 18.2 Å². The lowest BCUT2D eigenvalue weighted by molar-refractivity contribution is 0.241. The molecule has 1 aromatic heterocycles. The molecule has 0 bridgehead atoms. The first-order valence-corrected chi connectivity index (χ1v) is 7.58. The van der Waals surface area contributed by atoms with Crippen molar-refractivity contribution in [1.29, 1.82) is 0 Å². The second-order valence-corrected chi connectivity index (χ2v) is 6.37. The van der Waals surface area contributed by atoms with Crippen LogP contribution in [-0.2, 0) is 0 Å². The molecule has 0 N–H and O–H groups in total. The van der Waals surface area contributed by atoms with E-state index < -0.39 is 0 Å². The Kier molecular flexibility index (Phi) is 3.50. The molecular formula is C14H15Cl2N3O2. The molecule has 7 heteroatoms. The minimum absolute atomic E-state index is 0.00249. The zero-order valence-corrected chi connectivity index (χ0v) is 13.2. The van der Waals surface area contributed by atoms with Crippen molar-refractivity contribution in [2.45, 2.75) is 38.8 Å². The van der Waals surface area contributed by atoms with Crippen LogP contribution in [-0.4, -0.2) is 13.9 Å². The van der Waals surface area contributed by atoms with Crippen molar-refractivity contribution in [3.05, 3.63) is 49.2 Å². The van der Waals surface area contributed by atoms with Gasteiger partial charge >= 0.3 is 11.4 Å². The molecule has 0 spiro atoms. The molecule has 1 aliphatic rings. The highest BCUT2D eigenvalue weighted by atomic mass is 35.5. The normalized spacial score (nSPS) is 21.3. The zero-order valence-electron chi connectivity index (χ0n) is 11.7. The van der Waals surface area contributed by atoms with E-state index in [1.807, 2.05) is 13.8 Å². The third-order valence-electron chi connectivity index (χ3n) is 3.95. The second kappa shape index (κ2) is 5.07. The Morgan fingerprint density at radius 3 is 1.76 bits per heavy atom. The summed E-state index contributed by atoms with van der Waals surface area (Å²) < 4.78 is 4.20. The monoisotopic (exact) mass is 327 g/mol. The molecule has 2 unspecified atom stereocenters. The van der Waals surface area contributed by atoms with Gasteiger partial charge in [0.2, 0.25) is 0 Å². The van der Waals surface area contributed by atoms with E-state index in [4.69, 9.17) is 23.2 Å². The Labute approximate surface area is 131 Å². The number of nitrogens with zero attached hydrogens (tertiary/aromatic N) is 3. The molecule has 0 saturated heterocycles. The van der Waals surface area contributed by atoms with Crippen LogP contribution in [0.2, 0.25) is 10.0 Å². The largest absolute Gasteiger partial charge is 0.352 e. The average molecular weight is 328 g/mol. The van der Waals surface area contributed by atoms with Crippen molar-refractivity contribution in [2.75, 3.05) is 0 Å². The van der Waals surface area contributed by atoms with Gasteiger partial charge in [0.15, 0.2) is 0 Å². The molecule has 1 aromatic carbocycles. The summed E-state index contributed by atoms with van der Waals surface area (Å²) in [5.74, 6) is 0. The molecule has 3 rings (SSSR count). The number of halogens is 2. The van der Waals surface area contributed by atoms with Gasteiger partial charge in [-0.05, 0) is 44.9 Å². The van der Waals surface area contributed by atoms with Crippen molar-refractivity contribution in [3.63, 3.8) is 0 Å². The van der Waals surface area contributed by atoms with Gasteiger partial charge < -0.3 is 0 Å². The molecular weight excluding hydrogens is 313 g/mol. The Balaban J connectivity index is 2.33. The van der Waals surface area contributed by atoms with E-state index in [0.717, 1.165) is 17.4 Å². The Bertz CT molecular complexity index is 757. The maximum Gasteiger partial charge on any atom is 0.352 e. The Morgan fingerprint density at radius 2 is 1.33 bits per heavy atom. The number of rotatable bonds is 1. The number of hydrogen-bond donors (Lipinski definition) is 0. The predicted octanol–water partition coefficient (Wildman–Crippen LogP) is 3.02. The van der Waals surface area contributed by atoms with E-state index in [-0.39, 0.29) is 23.5 Å². The van der Waals surface area contributed by atoms with E-state index in [0.29, 0.717) is 15.7 Å². The van der Waals surface area contributed by atoms with Gasteiger partial charge in [-0.25, -0.2) is 23.5 Å². The average Bonchev–Trinajstić information content (AvgIpc) is 2.66. The summed E-state index contributed by atoms with van der Waals surface area (Å²) in [6.07, 6.45) is 1.75. The fourth-order valence-corrected chi connectivity index (χ4v) is 3.40. The van der Waals surface area contributed by atoms with Gasteiger partial charge in [-0.2, -0.15) is 0 Å². The maximum absolute atomic E-state index is 12.6. The van der Waals surface area contributed by atoms with Crippen LogP contribution < -0.4 is 11.4 Å². The van der Waals surface area contributed by atoms with Crippen LogP contribution >= 0.6 is 23.2 Å². The van der Waals surface area contributed by atoms with Crippen LogP contribution in [0.4, 0.5) is 0 Å². The molecule has 0 amide bonds. The third-order valence-corrected chi connectivity index (χ3v) is 4.39. The first-order chi connectivity index (χ1) is 9.90. The molecule has 112 valence electrons. The first-order valence-electron chi connectivity index (χ1n) is 6.82. The van der Waals surface area contributed by atoms with Crippen molar-refractivity contribution in [2.24, 2.45) is 0 Å². The van der Waals surface area contributed by atoms with Crippen LogP contribution in [0.25, 0.3) is 5.69 Å². The second-order valence-electron chi connectivity index (χ2n) is 5.49. The fourth-order valence-electron chi connectivity index (χ4n) is 2.89. The van der Waals surface area contributed by atoms with Gasteiger partial charge in [0.1, 0.15) is 0 Å². The highest BCUT2D eigenvalue weighted by Crippen LogP contribution is 2.25. The van der Waals surface area contributed by atoms with Gasteiger partial charge in [0, 0.05) is 10.0 Å². The van der Waals surface area contributed by atoms with Gasteiger partial charge in [0.05, 0.1) is 17.8 Å². The Morgan fingerprint density at radius 1 is 0.905 bits per heavy atom. The molecule has 5 nitrogen and oxygen atoms in total. The lowest BCUT2D eigenvalue weighted by Crippen LogP contribution is -2.35. The molecule has 1 aliphatic heterocycles. The van der Waals surface area contributed by atoms with Crippen molar-refractivity contribution >= 4 is 23.2 Å². The topological polar surface area (TPSA) is 48.9 Å². The van der Waals surface area contributed by atoms with Gasteiger partial charge in [-0.15, -0.1) is 0 Å². The van der Waals surface area contributed by atoms with Crippen LogP contribution in [0.5, 0.6) is 0 Å². The smallest absolute Gasteiger partial charge is 0.245 e.